The van der Waals surface area contributed by atoms with E-state index in [0.29, 0.717) is 57.4 Å². The number of benzene rings is 2. The molecule has 0 saturated carbocycles. The van der Waals surface area contributed by atoms with Gasteiger partial charge in [-0.05, 0) is 63.4 Å². The number of hydrogen-bond donors (Lipinski definition) is 4. The van der Waals surface area contributed by atoms with Gasteiger partial charge in [0.15, 0.2) is 0 Å². The number of alkyl carbamates (subject to hydrolysis) is 1. The molecule has 0 fully saturated rings. The Labute approximate surface area is 331 Å². The Kier molecular flexibility index (Phi) is 21.6. The standard InChI is InChI=1S/C38H55N5O14/c1-26(2)33(42-32(44)15-17-51-19-21-53-23-24-54-22-20-52-18-16-39-36(47)57-38(4,5)6)35(46)40-27(3)34(45)41-29-9-7-28(8-10-29)25-55-37(48)56-31-13-11-30(12-14-31)43(49)50/h7-14,26-27,33H,15-25H2,1-6H3,(H,39,47)(H,40,46)(H,41,45)(H,42,44)/t27-,33-/m0/s1. The highest BCUT2D eigenvalue weighted by atomic mass is 16.7. The molecule has 0 aromatic heterocycles. The van der Waals surface area contributed by atoms with Gasteiger partial charge in [-0.3, -0.25) is 24.5 Å². The number of anilines is 1. The van der Waals surface area contributed by atoms with Gasteiger partial charge in [-0.15, -0.1) is 0 Å². The molecular weight excluding hydrogens is 750 g/mol. The predicted octanol–water partition coefficient (Wildman–Crippen LogP) is 3.88. The van der Waals surface area contributed by atoms with Gasteiger partial charge in [0.1, 0.15) is 30.0 Å². The summed E-state index contributed by atoms with van der Waals surface area (Å²) < 4.78 is 36.9. The molecule has 0 aliphatic carbocycles. The fourth-order valence-electron chi connectivity index (χ4n) is 4.45. The first-order valence-electron chi connectivity index (χ1n) is 18.4. The Morgan fingerprint density at radius 3 is 1.84 bits per heavy atom. The van der Waals surface area contributed by atoms with Gasteiger partial charge in [0, 0.05) is 30.8 Å². The first-order chi connectivity index (χ1) is 27.0. The average molecular weight is 806 g/mol. The Morgan fingerprint density at radius 2 is 1.30 bits per heavy atom. The van der Waals surface area contributed by atoms with E-state index in [9.17, 15) is 34.1 Å². The number of nitrogens with zero attached hydrogens (tertiary/aromatic N) is 1. The van der Waals surface area contributed by atoms with Crippen LogP contribution in [0.2, 0.25) is 0 Å². The molecule has 19 nitrogen and oxygen atoms in total. The van der Waals surface area contributed by atoms with Crippen molar-refractivity contribution in [3.63, 3.8) is 0 Å². The average Bonchev–Trinajstić information content (AvgIpc) is 3.14. The van der Waals surface area contributed by atoms with Crippen molar-refractivity contribution in [2.45, 2.75) is 72.3 Å². The summed E-state index contributed by atoms with van der Waals surface area (Å²) in [4.78, 5) is 72.1. The fraction of sp³-hybridized carbons (Fsp3) is 0.553. The lowest BCUT2D eigenvalue weighted by molar-refractivity contribution is -0.384. The van der Waals surface area contributed by atoms with Crippen molar-refractivity contribution in [2.24, 2.45) is 5.92 Å². The molecule has 2 atom stereocenters. The minimum Gasteiger partial charge on any atom is -0.444 e. The highest BCUT2D eigenvalue weighted by molar-refractivity contribution is 5.98. The second kappa shape index (κ2) is 25.7. The van der Waals surface area contributed by atoms with Crippen LogP contribution in [0.5, 0.6) is 5.75 Å². The van der Waals surface area contributed by atoms with Crippen LogP contribution in [0.1, 0.15) is 53.5 Å². The lowest BCUT2D eigenvalue weighted by atomic mass is 10.0. The maximum absolute atomic E-state index is 13.0. The number of ether oxygens (including phenoxy) is 7. The number of carbonyl (C=O) groups excluding carboxylic acids is 5. The first kappa shape index (κ1) is 47.8. The van der Waals surface area contributed by atoms with Crippen LogP contribution >= 0.6 is 0 Å². The quantitative estimate of drug-likeness (QED) is 0.0366. The number of non-ortho nitro benzene ring substituents is 1. The zero-order valence-electron chi connectivity index (χ0n) is 33.3. The van der Waals surface area contributed by atoms with Crippen LogP contribution in [0.3, 0.4) is 0 Å². The summed E-state index contributed by atoms with van der Waals surface area (Å²) in [6.07, 6.45) is -1.48. The normalized spacial score (nSPS) is 12.2. The highest BCUT2D eigenvalue weighted by Crippen LogP contribution is 2.18. The van der Waals surface area contributed by atoms with Gasteiger partial charge in [-0.25, -0.2) is 9.59 Å². The lowest BCUT2D eigenvalue weighted by Crippen LogP contribution is -2.53. The van der Waals surface area contributed by atoms with Crippen LogP contribution in [0, 0.1) is 16.0 Å². The molecule has 316 valence electrons. The number of nitro groups is 1. The maximum atomic E-state index is 13.0. The minimum atomic E-state index is -1.00. The summed E-state index contributed by atoms with van der Waals surface area (Å²) in [7, 11) is 0. The van der Waals surface area contributed by atoms with Crippen molar-refractivity contribution in [3.8, 4) is 5.75 Å². The second-order valence-electron chi connectivity index (χ2n) is 13.7. The number of carbonyl (C=O) groups is 5. The molecule has 2 aromatic rings. The lowest BCUT2D eigenvalue weighted by Gasteiger charge is -2.24. The van der Waals surface area contributed by atoms with Gasteiger partial charge in [-0.1, -0.05) is 26.0 Å². The van der Waals surface area contributed by atoms with Gasteiger partial charge in [-0.2, -0.15) is 0 Å². The third-order valence-electron chi connectivity index (χ3n) is 7.35. The smallest absolute Gasteiger partial charge is 0.444 e. The van der Waals surface area contributed by atoms with Crippen molar-refractivity contribution in [1.29, 1.82) is 0 Å². The van der Waals surface area contributed by atoms with Crippen LogP contribution in [0.25, 0.3) is 0 Å². The number of rotatable bonds is 25. The van der Waals surface area contributed by atoms with Crippen LogP contribution in [0.15, 0.2) is 48.5 Å². The van der Waals surface area contributed by atoms with E-state index in [1.165, 1.54) is 31.2 Å². The van der Waals surface area contributed by atoms with Crippen LogP contribution in [-0.2, 0) is 49.4 Å². The van der Waals surface area contributed by atoms with E-state index in [1.807, 2.05) is 0 Å². The monoisotopic (exact) mass is 805 g/mol. The molecule has 0 bridgehead atoms. The topological polar surface area (TPSA) is 241 Å². The number of amides is 4. The van der Waals surface area contributed by atoms with E-state index in [4.69, 9.17) is 33.2 Å². The van der Waals surface area contributed by atoms with Crippen molar-refractivity contribution in [3.05, 3.63) is 64.2 Å². The van der Waals surface area contributed by atoms with E-state index in [-0.39, 0.29) is 49.5 Å². The van der Waals surface area contributed by atoms with E-state index in [0.717, 1.165) is 0 Å². The fourth-order valence-corrected chi connectivity index (χ4v) is 4.45. The van der Waals surface area contributed by atoms with Gasteiger partial charge in [0.2, 0.25) is 17.7 Å². The summed E-state index contributed by atoms with van der Waals surface area (Å²) in [5.74, 6) is -1.59. The molecule has 2 rings (SSSR count). The van der Waals surface area contributed by atoms with Crippen molar-refractivity contribution < 1.29 is 62.1 Å². The van der Waals surface area contributed by atoms with Crippen LogP contribution < -0.4 is 26.0 Å². The van der Waals surface area contributed by atoms with Gasteiger partial charge < -0.3 is 54.4 Å². The Morgan fingerprint density at radius 1 is 0.737 bits per heavy atom. The summed E-state index contributed by atoms with van der Waals surface area (Å²) in [5.41, 5.74) is 0.315. The predicted molar refractivity (Wildman–Crippen MR) is 205 cm³/mol. The molecule has 4 amide bonds. The highest BCUT2D eigenvalue weighted by Gasteiger charge is 2.27. The molecule has 0 spiro atoms. The van der Waals surface area contributed by atoms with Gasteiger partial charge >= 0.3 is 12.2 Å². The van der Waals surface area contributed by atoms with E-state index < -0.39 is 46.7 Å². The Bertz CT molecular complexity index is 1570. The first-order valence-corrected chi connectivity index (χ1v) is 18.4. The molecule has 0 saturated heterocycles. The summed E-state index contributed by atoms with van der Waals surface area (Å²) in [6.45, 7) is 13.1. The molecule has 57 heavy (non-hydrogen) atoms. The number of nitrogens with one attached hydrogen (secondary N) is 4. The third kappa shape index (κ3) is 21.5. The van der Waals surface area contributed by atoms with E-state index in [1.54, 1.807) is 58.9 Å². The zero-order valence-corrected chi connectivity index (χ0v) is 33.3. The van der Waals surface area contributed by atoms with Crippen molar-refractivity contribution >= 4 is 41.3 Å². The Balaban J connectivity index is 1.56. The maximum Gasteiger partial charge on any atom is 0.514 e. The van der Waals surface area contributed by atoms with E-state index >= 15 is 0 Å². The molecule has 19 heteroatoms. The zero-order chi connectivity index (χ0) is 42.2. The summed E-state index contributed by atoms with van der Waals surface area (Å²) in [6, 6.07) is 9.53. The minimum absolute atomic E-state index is 0.0188. The molecule has 4 N–H and O–H groups in total. The number of hydrogen-bond acceptors (Lipinski definition) is 14. The van der Waals surface area contributed by atoms with Gasteiger partial charge in [0.05, 0.1) is 57.8 Å². The van der Waals surface area contributed by atoms with E-state index in [2.05, 4.69) is 21.3 Å². The molecule has 0 aliphatic rings. The van der Waals surface area contributed by atoms with Crippen LogP contribution in [0.4, 0.5) is 21.0 Å². The number of nitro benzene ring substituents is 1. The second-order valence-corrected chi connectivity index (χ2v) is 13.7. The molecule has 0 aliphatic heterocycles. The SMILES string of the molecule is CC(C)[C@H](NC(=O)CCOCCOCCOCCOCCNC(=O)OC(C)(C)C)C(=O)N[C@@H](C)C(=O)Nc1ccc(COC(=O)Oc2ccc([N+](=O)[O-])cc2)cc1. The Hall–Kier alpha value is -5.37. The molecule has 2 aromatic carbocycles. The molecule has 0 heterocycles. The summed E-state index contributed by atoms with van der Waals surface area (Å²) in [5, 5.41) is 21.4. The van der Waals surface area contributed by atoms with Gasteiger partial charge in [0.25, 0.3) is 5.69 Å². The van der Waals surface area contributed by atoms with Crippen LogP contribution in [-0.4, -0.2) is 112 Å². The third-order valence-corrected chi connectivity index (χ3v) is 7.35. The molecular formula is C38H55N5O14. The van der Waals surface area contributed by atoms with Crippen molar-refractivity contribution in [2.75, 3.05) is 64.7 Å². The summed E-state index contributed by atoms with van der Waals surface area (Å²) >= 11 is 0. The largest absolute Gasteiger partial charge is 0.514 e. The van der Waals surface area contributed by atoms with Crippen molar-refractivity contribution in [1.82, 2.24) is 16.0 Å². The molecule has 0 radical (unpaired) electrons. The molecule has 0 unspecified atom stereocenters.